The van der Waals surface area contributed by atoms with Crippen LogP contribution in [0.3, 0.4) is 0 Å². The number of aryl methyl sites for hydroxylation is 3. The Labute approximate surface area is 145 Å². The van der Waals surface area contributed by atoms with Gasteiger partial charge in [0.25, 0.3) is 0 Å². The molecule has 0 fully saturated rings. The molecule has 0 atom stereocenters. The molecule has 3 heterocycles. The van der Waals surface area contributed by atoms with Crippen molar-refractivity contribution in [2.45, 2.75) is 19.9 Å². The van der Waals surface area contributed by atoms with Crippen LogP contribution in [0.25, 0.3) is 17.2 Å². The van der Waals surface area contributed by atoms with E-state index in [0.717, 1.165) is 36.0 Å². The first-order valence-corrected chi connectivity index (χ1v) is 8.06. The summed E-state index contributed by atoms with van der Waals surface area (Å²) in [7, 11) is 0. The van der Waals surface area contributed by atoms with Gasteiger partial charge >= 0.3 is 0 Å². The Morgan fingerprint density at radius 2 is 1.80 bits per heavy atom. The van der Waals surface area contributed by atoms with Gasteiger partial charge in [-0.05, 0) is 31.0 Å². The molecule has 0 saturated heterocycles. The summed E-state index contributed by atoms with van der Waals surface area (Å²) in [6, 6.07) is 14.3. The second-order valence-electron chi connectivity index (χ2n) is 5.71. The third-order valence-corrected chi connectivity index (χ3v) is 3.92. The van der Waals surface area contributed by atoms with Crippen molar-refractivity contribution in [3.05, 3.63) is 72.7 Å². The molecule has 0 N–H and O–H groups in total. The zero-order valence-electron chi connectivity index (χ0n) is 13.8. The summed E-state index contributed by atoms with van der Waals surface area (Å²) in [5.74, 6) is 2.34. The molecular formula is C18H17N7. The number of benzene rings is 1. The van der Waals surface area contributed by atoms with E-state index in [0.29, 0.717) is 0 Å². The summed E-state index contributed by atoms with van der Waals surface area (Å²) >= 11 is 0. The van der Waals surface area contributed by atoms with Gasteiger partial charge in [0, 0.05) is 18.3 Å². The quantitative estimate of drug-likeness (QED) is 0.561. The first kappa shape index (κ1) is 15.2. The molecule has 4 rings (SSSR count). The Hall–Kier alpha value is -3.35. The summed E-state index contributed by atoms with van der Waals surface area (Å²) in [4.78, 5) is 8.96. The van der Waals surface area contributed by atoms with Crippen molar-refractivity contribution < 1.29 is 0 Å². The van der Waals surface area contributed by atoms with Crippen molar-refractivity contribution in [3.63, 3.8) is 0 Å². The lowest BCUT2D eigenvalue weighted by Crippen LogP contribution is -2.06. The minimum Gasteiger partial charge on any atom is -0.272 e. The topological polar surface area (TPSA) is 74.3 Å². The van der Waals surface area contributed by atoms with Gasteiger partial charge in [0.2, 0.25) is 0 Å². The molecule has 7 nitrogen and oxygen atoms in total. The number of aromatic nitrogens is 7. The Bertz CT molecular complexity index is 958. The third-order valence-electron chi connectivity index (χ3n) is 3.92. The van der Waals surface area contributed by atoms with Gasteiger partial charge in [-0.2, -0.15) is 5.10 Å². The van der Waals surface area contributed by atoms with Crippen LogP contribution < -0.4 is 0 Å². The van der Waals surface area contributed by atoms with Gasteiger partial charge in [0.1, 0.15) is 24.3 Å². The molecule has 0 saturated carbocycles. The van der Waals surface area contributed by atoms with E-state index in [1.807, 2.05) is 29.8 Å². The lowest BCUT2D eigenvalue weighted by Gasteiger charge is -2.07. The lowest BCUT2D eigenvalue weighted by atomic mass is 10.1. The monoisotopic (exact) mass is 331 g/mol. The Kier molecular flexibility index (Phi) is 4.04. The van der Waals surface area contributed by atoms with Gasteiger partial charge in [0.05, 0.1) is 0 Å². The molecule has 0 aliphatic carbocycles. The SMILES string of the molecule is Cc1nc(-c2ccnc(-n3cnnc3)c2)n(CCc2ccccc2)n1. The molecule has 0 unspecified atom stereocenters. The predicted molar refractivity (Wildman–Crippen MR) is 93.1 cm³/mol. The van der Waals surface area contributed by atoms with E-state index in [4.69, 9.17) is 0 Å². The molecule has 0 amide bonds. The van der Waals surface area contributed by atoms with Crippen LogP contribution in [0.1, 0.15) is 11.4 Å². The highest BCUT2D eigenvalue weighted by atomic mass is 15.3. The highest BCUT2D eigenvalue weighted by molar-refractivity contribution is 5.57. The van der Waals surface area contributed by atoms with Gasteiger partial charge in [-0.25, -0.2) is 14.6 Å². The van der Waals surface area contributed by atoms with E-state index in [1.165, 1.54) is 5.56 Å². The first-order chi connectivity index (χ1) is 12.3. The maximum atomic E-state index is 4.60. The highest BCUT2D eigenvalue weighted by Gasteiger charge is 2.11. The fraction of sp³-hybridized carbons (Fsp3) is 0.167. The van der Waals surface area contributed by atoms with E-state index in [-0.39, 0.29) is 0 Å². The summed E-state index contributed by atoms with van der Waals surface area (Å²) < 4.78 is 3.72. The third kappa shape index (κ3) is 3.30. The second kappa shape index (κ2) is 6.64. The minimum absolute atomic E-state index is 0.748. The van der Waals surface area contributed by atoms with E-state index in [9.17, 15) is 0 Å². The fourth-order valence-corrected chi connectivity index (χ4v) is 2.72. The molecule has 25 heavy (non-hydrogen) atoms. The largest absolute Gasteiger partial charge is 0.272 e. The standard InChI is InChI=1S/C18H17N7/c1-14-22-18(25(23-14)10-8-15-5-3-2-4-6-15)16-7-9-19-17(11-16)24-12-20-21-13-24/h2-7,9,11-13H,8,10H2,1H3. The summed E-state index contributed by atoms with van der Waals surface area (Å²) in [6.45, 7) is 2.68. The molecule has 7 heteroatoms. The van der Waals surface area contributed by atoms with Gasteiger partial charge in [-0.3, -0.25) is 4.57 Å². The van der Waals surface area contributed by atoms with Crippen LogP contribution in [-0.4, -0.2) is 34.5 Å². The summed E-state index contributed by atoms with van der Waals surface area (Å²) in [5.41, 5.74) is 2.24. The number of nitrogens with zero attached hydrogens (tertiary/aromatic N) is 7. The number of hydrogen-bond acceptors (Lipinski definition) is 5. The van der Waals surface area contributed by atoms with Crippen molar-refractivity contribution in [3.8, 4) is 17.2 Å². The van der Waals surface area contributed by atoms with E-state index >= 15 is 0 Å². The summed E-state index contributed by atoms with van der Waals surface area (Å²) in [5, 5.41) is 12.2. The van der Waals surface area contributed by atoms with Gasteiger partial charge in [0.15, 0.2) is 5.82 Å². The van der Waals surface area contributed by atoms with Crippen molar-refractivity contribution in [2.24, 2.45) is 0 Å². The second-order valence-corrected chi connectivity index (χ2v) is 5.71. The van der Waals surface area contributed by atoms with Gasteiger partial charge in [-0.15, -0.1) is 10.2 Å². The smallest absolute Gasteiger partial charge is 0.158 e. The van der Waals surface area contributed by atoms with Gasteiger partial charge in [-0.1, -0.05) is 30.3 Å². The normalized spacial score (nSPS) is 10.9. The molecule has 0 aliphatic rings. The Balaban J connectivity index is 1.63. The highest BCUT2D eigenvalue weighted by Crippen LogP contribution is 2.19. The molecule has 124 valence electrons. The molecule has 3 aromatic heterocycles. The average molecular weight is 331 g/mol. The van der Waals surface area contributed by atoms with Crippen LogP contribution in [0.4, 0.5) is 0 Å². The maximum Gasteiger partial charge on any atom is 0.158 e. The fourth-order valence-electron chi connectivity index (χ4n) is 2.72. The predicted octanol–water partition coefficient (Wildman–Crippen LogP) is 2.47. The van der Waals surface area contributed by atoms with E-state index in [1.54, 1.807) is 23.4 Å². The first-order valence-electron chi connectivity index (χ1n) is 8.06. The van der Waals surface area contributed by atoms with E-state index < -0.39 is 0 Å². The van der Waals surface area contributed by atoms with Crippen molar-refractivity contribution in [2.75, 3.05) is 0 Å². The molecular weight excluding hydrogens is 314 g/mol. The van der Waals surface area contributed by atoms with Gasteiger partial charge < -0.3 is 0 Å². The number of pyridine rings is 1. The van der Waals surface area contributed by atoms with E-state index in [2.05, 4.69) is 49.5 Å². The van der Waals surface area contributed by atoms with Crippen molar-refractivity contribution in [1.29, 1.82) is 0 Å². The molecule has 0 radical (unpaired) electrons. The Morgan fingerprint density at radius 3 is 2.60 bits per heavy atom. The van der Waals surface area contributed by atoms with Crippen LogP contribution in [0.2, 0.25) is 0 Å². The molecule has 4 aromatic rings. The van der Waals surface area contributed by atoms with Crippen LogP contribution in [0, 0.1) is 6.92 Å². The Morgan fingerprint density at radius 1 is 1.00 bits per heavy atom. The molecule has 0 aliphatic heterocycles. The van der Waals surface area contributed by atoms with Crippen LogP contribution in [-0.2, 0) is 13.0 Å². The van der Waals surface area contributed by atoms with Crippen LogP contribution >= 0.6 is 0 Å². The average Bonchev–Trinajstić information content (AvgIpc) is 3.31. The van der Waals surface area contributed by atoms with Crippen molar-refractivity contribution in [1.82, 2.24) is 34.5 Å². The number of rotatable bonds is 5. The zero-order valence-corrected chi connectivity index (χ0v) is 13.8. The van der Waals surface area contributed by atoms with Crippen LogP contribution in [0.5, 0.6) is 0 Å². The van der Waals surface area contributed by atoms with Crippen molar-refractivity contribution >= 4 is 0 Å². The zero-order chi connectivity index (χ0) is 17.1. The minimum atomic E-state index is 0.748. The molecule has 1 aromatic carbocycles. The lowest BCUT2D eigenvalue weighted by molar-refractivity contribution is 0.616. The molecule has 0 spiro atoms. The summed E-state index contributed by atoms with van der Waals surface area (Å²) in [6.07, 6.45) is 5.91. The number of hydrogen-bond donors (Lipinski definition) is 0. The maximum absolute atomic E-state index is 4.60. The molecule has 0 bridgehead atoms. The van der Waals surface area contributed by atoms with Crippen LogP contribution in [0.15, 0.2) is 61.3 Å².